The summed E-state index contributed by atoms with van der Waals surface area (Å²) in [7, 11) is 1.82. The van der Waals surface area contributed by atoms with E-state index in [2.05, 4.69) is 58.6 Å². The highest BCUT2D eigenvalue weighted by Gasteiger charge is 2.27. The summed E-state index contributed by atoms with van der Waals surface area (Å²) in [4.78, 5) is 21.1. The van der Waals surface area contributed by atoms with Crippen LogP contribution in [-0.2, 0) is 22.6 Å². The van der Waals surface area contributed by atoms with E-state index in [1.165, 1.54) is 24.0 Å². The van der Waals surface area contributed by atoms with Gasteiger partial charge in [-0.1, -0.05) is 51.0 Å². The third-order valence-electron chi connectivity index (χ3n) is 6.91. The lowest BCUT2D eigenvalue weighted by atomic mass is 9.92. The molecular formula is C25H42IN5O2. The molecule has 1 unspecified atom stereocenters. The molecule has 2 aliphatic rings. The minimum atomic E-state index is 0. The number of hydrogen-bond donors (Lipinski definition) is 2. The smallest absolute Gasteiger partial charge is 0.222 e. The van der Waals surface area contributed by atoms with Crippen LogP contribution in [0.4, 0.5) is 0 Å². The second kappa shape index (κ2) is 14.8. The predicted molar refractivity (Wildman–Crippen MR) is 145 cm³/mol. The Morgan fingerprint density at radius 3 is 2.39 bits per heavy atom. The van der Waals surface area contributed by atoms with Crippen molar-refractivity contribution in [1.82, 2.24) is 20.4 Å². The molecule has 7 nitrogen and oxygen atoms in total. The monoisotopic (exact) mass is 571 g/mol. The molecule has 2 aliphatic heterocycles. The second-order valence-electron chi connectivity index (χ2n) is 8.79. The Hall–Kier alpha value is -1.39. The lowest BCUT2D eigenvalue weighted by Crippen LogP contribution is -2.53. The van der Waals surface area contributed by atoms with Crippen LogP contribution in [0.5, 0.6) is 0 Å². The highest BCUT2D eigenvalue weighted by atomic mass is 127. The zero-order valence-electron chi connectivity index (χ0n) is 20.5. The van der Waals surface area contributed by atoms with E-state index >= 15 is 0 Å². The number of rotatable bonds is 10. The van der Waals surface area contributed by atoms with Gasteiger partial charge in [0.25, 0.3) is 0 Å². The lowest BCUT2D eigenvalue weighted by molar-refractivity contribution is -0.128. The minimum absolute atomic E-state index is 0. The molecule has 0 spiro atoms. The number of likely N-dealkylation sites (tertiary alicyclic amines) is 1. The maximum atomic E-state index is 12.1. The summed E-state index contributed by atoms with van der Waals surface area (Å²) in [5, 5.41) is 7.07. The topological polar surface area (TPSA) is 69.2 Å². The number of guanidine groups is 1. The zero-order chi connectivity index (χ0) is 22.8. The molecular weight excluding hydrogens is 529 g/mol. The maximum absolute atomic E-state index is 12.1. The molecule has 33 heavy (non-hydrogen) atoms. The fraction of sp³-hybridized carbons (Fsp3) is 0.680. The summed E-state index contributed by atoms with van der Waals surface area (Å²) in [5.74, 6) is 1.74. The van der Waals surface area contributed by atoms with Crippen LogP contribution < -0.4 is 10.6 Å². The van der Waals surface area contributed by atoms with E-state index in [9.17, 15) is 4.79 Å². The van der Waals surface area contributed by atoms with Gasteiger partial charge in [-0.05, 0) is 23.5 Å². The van der Waals surface area contributed by atoms with Gasteiger partial charge in [-0.3, -0.25) is 14.7 Å². The average Bonchev–Trinajstić information content (AvgIpc) is 3.24. The van der Waals surface area contributed by atoms with E-state index in [1.807, 2.05) is 11.9 Å². The van der Waals surface area contributed by atoms with Crippen LogP contribution >= 0.6 is 24.0 Å². The van der Waals surface area contributed by atoms with Crippen LogP contribution in [-0.4, -0.2) is 74.1 Å². The van der Waals surface area contributed by atoms with Crippen molar-refractivity contribution >= 4 is 35.8 Å². The van der Waals surface area contributed by atoms with Crippen LogP contribution in [0.15, 0.2) is 29.3 Å². The van der Waals surface area contributed by atoms with Crippen molar-refractivity contribution in [2.45, 2.75) is 58.7 Å². The van der Waals surface area contributed by atoms with E-state index in [1.54, 1.807) is 0 Å². The number of nitrogens with zero attached hydrogens (tertiary/aromatic N) is 3. The molecule has 1 atom stereocenters. The first-order valence-electron chi connectivity index (χ1n) is 12.3. The van der Waals surface area contributed by atoms with E-state index < -0.39 is 0 Å². The van der Waals surface area contributed by atoms with Crippen molar-refractivity contribution in [3.63, 3.8) is 0 Å². The highest BCUT2D eigenvalue weighted by molar-refractivity contribution is 14.0. The SMILES string of the molecule is CCC(CC)C(CNC(=NC)NCc1ccccc1CN1CCCC1=O)N1CCOCC1.I. The molecule has 2 N–H and O–H groups in total. The highest BCUT2D eigenvalue weighted by Crippen LogP contribution is 2.20. The van der Waals surface area contributed by atoms with Gasteiger partial charge in [0, 0.05) is 58.8 Å². The van der Waals surface area contributed by atoms with Crippen molar-refractivity contribution in [3.05, 3.63) is 35.4 Å². The van der Waals surface area contributed by atoms with Crippen molar-refractivity contribution in [2.24, 2.45) is 10.9 Å². The Morgan fingerprint density at radius 1 is 1.09 bits per heavy atom. The number of carbonyl (C=O) groups excluding carboxylic acids is 1. The average molecular weight is 572 g/mol. The Kier molecular flexibility index (Phi) is 12.5. The Bertz CT molecular complexity index is 750. The summed E-state index contributed by atoms with van der Waals surface area (Å²) in [6.45, 7) is 11.3. The molecule has 1 amide bonds. The standard InChI is InChI=1S/C25H41N5O2.HI/c1-4-20(5-2)23(29-13-15-32-16-14-29)18-28-25(26-3)27-17-21-9-6-7-10-22(21)19-30-12-8-11-24(30)31;/h6-7,9-10,20,23H,4-5,8,11-19H2,1-3H3,(H2,26,27,28);1H. The van der Waals surface area contributed by atoms with Crippen LogP contribution in [0, 0.1) is 5.92 Å². The normalized spacial score (nSPS) is 18.4. The van der Waals surface area contributed by atoms with Crippen LogP contribution in [0.25, 0.3) is 0 Å². The van der Waals surface area contributed by atoms with Gasteiger partial charge in [-0.15, -0.1) is 24.0 Å². The van der Waals surface area contributed by atoms with Crippen molar-refractivity contribution in [1.29, 1.82) is 0 Å². The summed E-state index contributed by atoms with van der Waals surface area (Å²) in [6, 6.07) is 8.84. The van der Waals surface area contributed by atoms with E-state index in [-0.39, 0.29) is 29.9 Å². The molecule has 2 saturated heterocycles. The predicted octanol–water partition coefficient (Wildman–Crippen LogP) is 3.23. The van der Waals surface area contributed by atoms with Crippen LogP contribution in [0.2, 0.25) is 0 Å². The Labute approximate surface area is 216 Å². The molecule has 8 heteroatoms. The van der Waals surface area contributed by atoms with Gasteiger partial charge < -0.3 is 20.3 Å². The number of nitrogens with one attached hydrogen (secondary N) is 2. The number of carbonyl (C=O) groups is 1. The second-order valence-corrected chi connectivity index (χ2v) is 8.79. The van der Waals surface area contributed by atoms with Crippen molar-refractivity contribution in [2.75, 3.05) is 46.4 Å². The first-order chi connectivity index (χ1) is 15.7. The largest absolute Gasteiger partial charge is 0.379 e. The number of morpholine rings is 1. The zero-order valence-corrected chi connectivity index (χ0v) is 22.8. The minimum Gasteiger partial charge on any atom is -0.379 e. The first-order valence-corrected chi connectivity index (χ1v) is 12.3. The molecule has 0 aromatic heterocycles. The van der Waals surface area contributed by atoms with E-state index in [0.29, 0.717) is 31.5 Å². The van der Waals surface area contributed by atoms with Gasteiger partial charge in [0.1, 0.15) is 0 Å². The summed E-state index contributed by atoms with van der Waals surface area (Å²) < 4.78 is 5.57. The van der Waals surface area contributed by atoms with Gasteiger partial charge in [-0.2, -0.15) is 0 Å². The number of aliphatic imine (C=N–C) groups is 1. The Morgan fingerprint density at radius 2 is 1.79 bits per heavy atom. The molecule has 0 bridgehead atoms. The maximum Gasteiger partial charge on any atom is 0.222 e. The molecule has 186 valence electrons. The van der Waals surface area contributed by atoms with Gasteiger partial charge in [0.05, 0.1) is 13.2 Å². The quantitative estimate of drug-likeness (QED) is 0.257. The van der Waals surface area contributed by atoms with Crippen molar-refractivity contribution < 1.29 is 9.53 Å². The number of benzene rings is 1. The van der Waals surface area contributed by atoms with Crippen LogP contribution in [0.1, 0.15) is 50.7 Å². The number of amides is 1. The van der Waals surface area contributed by atoms with Gasteiger partial charge in [0.2, 0.25) is 5.91 Å². The third kappa shape index (κ3) is 8.10. The fourth-order valence-corrected chi connectivity index (χ4v) is 4.90. The number of ether oxygens (including phenoxy) is 1. The van der Waals surface area contributed by atoms with Gasteiger partial charge in [0.15, 0.2) is 5.96 Å². The molecule has 1 aromatic carbocycles. The van der Waals surface area contributed by atoms with Gasteiger partial charge >= 0.3 is 0 Å². The molecule has 0 aliphatic carbocycles. The molecule has 0 radical (unpaired) electrons. The van der Waals surface area contributed by atoms with E-state index in [0.717, 1.165) is 51.8 Å². The van der Waals surface area contributed by atoms with E-state index in [4.69, 9.17) is 4.74 Å². The summed E-state index contributed by atoms with van der Waals surface area (Å²) in [6.07, 6.45) is 4.00. The molecule has 3 rings (SSSR count). The third-order valence-corrected chi connectivity index (χ3v) is 6.91. The number of halogens is 1. The first kappa shape index (κ1) is 27.9. The molecule has 1 aromatic rings. The Balaban J connectivity index is 0.00000385. The summed E-state index contributed by atoms with van der Waals surface area (Å²) in [5.41, 5.74) is 2.41. The molecule has 0 saturated carbocycles. The van der Waals surface area contributed by atoms with Gasteiger partial charge in [-0.25, -0.2) is 0 Å². The summed E-state index contributed by atoms with van der Waals surface area (Å²) >= 11 is 0. The van der Waals surface area contributed by atoms with Crippen LogP contribution in [0.3, 0.4) is 0 Å². The lowest BCUT2D eigenvalue weighted by Gasteiger charge is -2.39. The fourth-order valence-electron chi connectivity index (χ4n) is 4.90. The molecule has 2 heterocycles. The van der Waals surface area contributed by atoms with Crippen molar-refractivity contribution in [3.8, 4) is 0 Å². The molecule has 2 fully saturated rings. The number of hydrogen-bond acceptors (Lipinski definition) is 4.